The number of nitrogens with one attached hydrogen (secondary N) is 2. The van der Waals surface area contributed by atoms with Gasteiger partial charge in [-0.25, -0.2) is 4.79 Å². The van der Waals surface area contributed by atoms with E-state index in [0.717, 1.165) is 17.8 Å². The SMILES string of the molecule is CCNc1ccc(-c2noc(=O)[nH]2)cc1. The molecule has 15 heavy (non-hydrogen) atoms. The van der Waals surface area contributed by atoms with E-state index in [1.54, 1.807) is 0 Å². The van der Waals surface area contributed by atoms with Crippen molar-refractivity contribution < 1.29 is 4.52 Å². The lowest BCUT2D eigenvalue weighted by molar-refractivity contribution is 0.388. The molecule has 0 aliphatic rings. The van der Waals surface area contributed by atoms with Gasteiger partial charge in [0.25, 0.3) is 0 Å². The average Bonchev–Trinajstić information content (AvgIpc) is 2.67. The summed E-state index contributed by atoms with van der Waals surface area (Å²) in [5.74, 6) is -0.0937. The summed E-state index contributed by atoms with van der Waals surface area (Å²) in [5, 5.41) is 6.77. The minimum Gasteiger partial charge on any atom is -0.385 e. The predicted molar refractivity (Wildman–Crippen MR) is 56.7 cm³/mol. The molecule has 0 fully saturated rings. The highest BCUT2D eigenvalue weighted by atomic mass is 16.5. The Morgan fingerprint density at radius 2 is 2.13 bits per heavy atom. The molecule has 2 aromatic rings. The summed E-state index contributed by atoms with van der Waals surface area (Å²) in [6.45, 7) is 2.91. The topological polar surface area (TPSA) is 70.9 Å². The van der Waals surface area contributed by atoms with Crippen LogP contribution in [0.25, 0.3) is 11.4 Å². The van der Waals surface area contributed by atoms with E-state index in [4.69, 9.17) is 0 Å². The van der Waals surface area contributed by atoms with Crippen LogP contribution in [0.1, 0.15) is 6.92 Å². The van der Waals surface area contributed by atoms with E-state index in [-0.39, 0.29) is 0 Å². The minimum atomic E-state index is -0.541. The van der Waals surface area contributed by atoms with Gasteiger partial charge in [0.1, 0.15) is 0 Å². The summed E-state index contributed by atoms with van der Waals surface area (Å²) in [4.78, 5) is 13.2. The zero-order valence-electron chi connectivity index (χ0n) is 8.28. The second-order valence-corrected chi connectivity index (χ2v) is 3.05. The van der Waals surface area contributed by atoms with E-state index in [9.17, 15) is 4.79 Å². The zero-order valence-corrected chi connectivity index (χ0v) is 8.28. The van der Waals surface area contributed by atoms with Gasteiger partial charge in [0, 0.05) is 17.8 Å². The van der Waals surface area contributed by atoms with Gasteiger partial charge in [-0.2, -0.15) is 0 Å². The Bertz CT molecular complexity index is 484. The lowest BCUT2D eigenvalue weighted by atomic mass is 10.2. The molecule has 0 bridgehead atoms. The standard InChI is InChI=1S/C10H11N3O2/c1-2-11-8-5-3-7(4-6-8)9-12-10(14)15-13-9/h3-6,11H,2H2,1H3,(H,12,13,14). The van der Waals surface area contributed by atoms with Crippen LogP contribution in [-0.4, -0.2) is 16.7 Å². The van der Waals surface area contributed by atoms with Crippen LogP contribution in [0.3, 0.4) is 0 Å². The second-order valence-electron chi connectivity index (χ2n) is 3.05. The number of rotatable bonds is 3. The molecule has 5 nitrogen and oxygen atoms in total. The lowest BCUT2D eigenvalue weighted by Gasteiger charge is -2.02. The number of H-pyrrole nitrogens is 1. The molecule has 2 rings (SSSR count). The van der Waals surface area contributed by atoms with Crippen LogP contribution in [0, 0.1) is 0 Å². The van der Waals surface area contributed by atoms with Gasteiger partial charge >= 0.3 is 5.76 Å². The fraction of sp³-hybridized carbons (Fsp3) is 0.200. The highest BCUT2D eigenvalue weighted by molar-refractivity contribution is 5.58. The molecule has 1 aromatic heterocycles. The van der Waals surface area contributed by atoms with Crippen molar-refractivity contribution in [1.82, 2.24) is 10.1 Å². The molecule has 0 aliphatic carbocycles. The number of hydrogen-bond donors (Lipinski definition) is 2. The first-order valence-electron chi connectivity index (χ1n) is 4.70. The van der Waals surface area contributed by atoms with E-state index < -0.39 is 5.76 Å². The summed E-state index contributed by atoms with van der Waals surface area (Å²) in [7, 11) is 0. The van der Waals surface area contributed by atoms with E-state index in [0.29, 0.717) is 5.82 Å². The molecule has 0 atom stereocenters. The molecule has 0 unspecified atom stereocenters. The number of anilines is 1. The Morgan fingerprint density at radius 3 is 2.67 bits per heavy atom. The van der Waals surface area contributed by atoms with Crippen LogP contribution >= 0.6 is 0 Å². The number of aromatic amines is 1. The Kier molecular flexibility index (Phi) is 2.53. The van der Waals surface area contributed by atoms with Crippen molar-refractivity contribution in [2.24, 2.45) is 0 Å². The van der Waals surface area contributed by atoms with Crippen molar-refractivity contribution in [1.29, 1.82) is 0 Å². The molecular weight excluding hydrogens is 194 g/mol. The molecule has 0 saturated heterocycles. The van der Waals surface area contributed by atoms with Gasteiger partial charge in [-0.15, -0.1) is 0 Å². The first kappa shape index (κ1) is 9.51. The molecule has 78 valence electrons. The zero-order chi connectivity index (χ0) is 10.7. The Morgan fingerprint density at radius 1 is 1.40 bits per heavy atom. The first-order chi connectivity index (χ1) is 7.29. The Labute approximate surface area is 86.1 Å². The van der Waals surface area contributed by atoms with Crippen LogP contribution < -0.4 is 11.1 Å². The predicted octanol–water partition coefficient (Wildman–Crippen LogP) is 1.46. The smallest absolute Gasteiger partial charge is 0.385 e. The molecule has 0 aliphatic heterocycles. The fourth-order valence-corrected chi connectivity index (χ4v) is 1.30. The third kappa shape index (κ3) is 2.07. The van der Waals surface area contributed by atoms with Gasteiger partial charge in [0.2, 0.25) is 0 Å². The van der Waals surface area contributed by atoms with Crippen molar-refractivity contribution in [3.63, 3.8) is 0 Å². The molecule has 5 heteroatoms. The summed E-state index contributed by atoms with van der Waals surface area (Å²) < 4.78 is 4.42. The maximum Gasteiger partial charge on any atom is 0.439 e. The lowest BCUT2D eigenvalue weighted by Crippen LogP contribution is -1.96. The summed E-state index contributed by atoms with van der Waals surface area (Å²) in [6, 6.07) is 7.58. The van der Waals surface area contributed by atoms with Crippen molar-refractivity contribution in [3.05, 3.63) is 34.8 Å². The molecule has 0 radical (unpaired) electrons. The maximum atomic E-state index is 10.7. The van der Waals surface area contributed by atoms with Gasteiger partial charge in [-0.1, -0.05) is 5.16 Å². The van der Waals surface area contributed by atoms with E-state index in [1.807, 2.05) is 31.2 Å². The molecule has 0 saturated carbocycles. The maximum absolute atomic E-state index is 10.7. The largest absolute Gasteiger partial charge is 0.439 e. The third-order valence-electron chi connectivity index (χ3n) is 1.98. The molecular formula is C10H11N3O2. The Balaban J connectivity index is 2.27. The molecule has 2 N–H and O–H groups in total. The van der Waals surface area contributed by atoms with Gasteiger partial charge in [-0.05, 0) is 31.2 Å². The van der Waals surface area contributed by atoms with Crippen LogP contribution in [0.5, 0.6) is 0 Å². The van der Waals surface area contributed by atoms with Crippen LogP contribution in [0.2, 0.25) is 0 Å². The van der Waals surface area contributed by atoms with Crippen molar-refractivity contribution in [2.75, 3.05) is 11.9 Å². The van der Waals surface area contributed by atoms with E-state index in [2.05, 4.69) is 20.0 Å². The van der Waals surface area contributed by atoms with Gasteiger partial charge < -0.3 is 5.32 Å². The van der Waals surface area contributed by atoms with E-state index >= 15 is 0 Å². The fourth-order valence-electron chi connectivity index (χ4n) is 1.30. The summed E-state index contributed by atoms with van der Waals surface area (Å²) in [6.07, 6.45) is 0. The van der Waals surface area contributed by atoms with Gasteiger partial charge in [0.05, 0.1) is 0 Å². The molecule has 0 amide bonds. The number of benzene rings is 1. The van der Waals surface area contributed by atoms with E-state index in [1.165, 1.54) is 0 Å². The average molecular weight is 205 g/mol. The van der Waals surface area contributed by atoms with Crippen molar-refractivity contribution in [2.45, 2.75) is 6.92 Å². The normalized spacial score (nSPS) is 10.2. The van der Waals surface area contributed by atoms with Crippen molar-refractivity contribution in [3.8, 4) is 11.4 Å². The minimum absolute atomic E-state index is 0.447. The third-order valence-corrected chi connectivity index (χ3v) is 1.98. The molecule has 1 heterocycles. The van der Waals surface area contributed by atoms with Crippen molar-refractivity contribution >= 4 is 5.69 Å². The van der Waals surface area contributed by atoms with Gasteiger partial charge in [-0.3, -0.25) is 9.51 Å². The monoisotopic (exact) mass is 205 g/mol. The van der Waals surface area contributed by atoms with Gasteiger partial charge in [0.15, 0.2) is 5.82 Å². The summed E-state index contributed by atoms with van der Waals surface area (Å²) in [5.41, 5.74) is 1.86. The Hall–Kier alpha value is -2.04. The van der Waals surface area contributed by atoms with Crippen LogP contribution in [0.15, 0.2) is 33.6 Å². The number of aromatic nitrogens is 2. The molecule has 1 aromatic carbocycles. The van der Waals surface area contributed by atoms with Crippen LogP contribution in [-0.2, 0) is 0 Å². The second kappa shape index (κ2) is 4.00. The summed E-state index contributed by atoms with van der Waals surface area (Å²) >= 11 is 0. The number of hydrogen-bond acceptors (Lipinski definition) is 4. The highest BCUT2D eigenvalue weighted by Gasteiger charge is 2.02. The van der Waals surface area contributed by atoms with Crippen LogP contribution in [0.4, 0.5) is 5.69 Å². The quantitative estimate of drug-likeness (QED) is 0.795. The first-order valence-corrected chi connectivity index (χ1v) is 4.70. The number of nitrogens with zero attached hydrogens (tertiary/aromatic N) is 1. The highest BCUT2D eigenvalue weighted by Crippen LogP contribution is 2.16. The molecule has 0 spiro atoms.